The number of carboxylic acids is 1. The molecule has 3 N–H and O–H groups in total. The van der Waals surface area contributed by atoms with Crippen LogP contribution in [0.25, 0.3) is 0 Å². The number of carbonyl (C=O) groups is 1. The Morgan fingerprint density at radius 1 is 1.47 bits per heavy atom. The van der Waals surface area contributed by atoms with Crippen molar-refractivity contribution in [3.8, 4) is 11.5 Å². The maximum Gasteiger partial charge on any atom is 0.303 e. The second-order valence-corrected chi connectivity index (χ2v) is 4.57. The third-order valence-corrected chi connectivity index (χ3v) is 3.27. The molecule has 1 atom stereocenters. The van der Waals surface area contributed by atoms with Crippen molar-refractivity contribution in [2.45, 2.75) is 25.8 Å². The number of halogens is 1. The summed E-state index contributed by atoms with van der Waals surface area (Å²) < 4.78 is 10.4. The minimum atomic E-state index is -0.885. The first-order chi connectivity index (χ1) is 8.92. The second kappa shape index (κ2) is 6.63. The molecule has 19 heavy (non-hydrogen) atoms. The van der Waals surface area contributed by atoms with E-state index in [1.165, 1.54) is 14.2 Å². The Kier molecular flexibility index (Phi) is 5.44. The number of ether oxygens (including phenoxy) is 2. The molecule has 0 radical (unpaired) electrons. The number of hydrogen-bond donors (Lipinski definition) is 2. The average Bonchev–Trinajstić information content (AvgIpc) is 2.35. The van der Waals surface area contributed by atoms with Gasteiger partial charge in [0.2, 0.25) is 0 Å². The van der Waals surface area contributed by atoms with Gasteiger partial charge in [0.25, 0.3) is 0 Å². The number of hydrogen-bond acceptors (Lipinski definition) is 4. The van der Waals surface area contributed by atoms with Crippen molar-refractivity contribution in [1.29, 1.82) is 0 Å². The summed E-state index contributed by atoms with van der Waals surface area (Å²) in [6.07, 6.45) is 0.302. The van der Waals surface area contributed by atoms with Gasteiger partial charge in [-0.05, 0) is 30.5 Å². The molecule has 0 aliphatic rings. The van der Waals surface area contributed by atoms with Crippen LogP contribution in [0.1, 0.15) is 30.0 Å². The molecule has 0 aromatic heterocycles. The van der Waals surface area contributed by atoms with Crippen molar-refractivity contribution in [2.75, 3.05) is 14.2 Å². The SMILES string of the molecule is COc1cc(C)c(C(N)CCC(=O)O)c(Cl)c1OC. The van der Waals surface area contributed by atoms with E-state index in [1.807, 2.05) is 6.92 Å². The van der Waals surface area contributed by atoms with E-state index >= 15 is 0 Å². The maximum atomic E-state index is 10.6. The van der Waals surface area contributed by atoms with Crippen LogP contribution < -0.4 is 15.2 Å². The molecule has 1 unspecified atom stereocenters. The Labute approximate surface area is 117 Å². The fourth-order valence-corrected chi connectivity index (χ4v) is 2.42. The lowest BCUT2D eigenvalue weighted by atomic mass is 9.97. The van der Waals surface area contributed by atoms with Gasteiger partial charge in [0.15, 0.2) is 11.5 Å². The van der Waals surface area contributed by atoms with E-state index in [1.54, 1.807) is 6.07 Å². The van der Waals surface area contributed by atoms with E-state index in [4.69, 9.17) is 31.9 Å². The summed E-state index contributed by atoms with van der Waals surface area (Å²) in [5.41, 5.74) is 7.56. The minimum absolute atomic E-state index is 0.00865. The van der Waals surface area contributed by atoms with E-state index in [-0.39, 0.29) is 6.42 Å². The van der Waals surface area contributed by atoms with Crippen LogP contribution in [0, 0.1) is 6.92 Å². The molecule has 106 valence electrons. The van der Waals surface area contributed by atoms with Gasteiger partial charge in [-0.2, -0.15) is 0 Å². The van der Waals surface area contributed by atoms with Gasteiger partial charge in [0, 0.05) is 12.5 Å². The van der Waals surface area contributed by atoms with Gasteiger partial charge >= 0.3 is 5.97 Å². The highest BCUT2D eigenvalue weighted by Gasteiger charge is 2.21. The predicted molar refractivity (Wildman–Crippen MR) is 73.1 cm³/mol. The Morgan fingerprint density at radius 2 is 2.11 bits per heavy atom. The fourth-order valence-electron chi connectivity index (χ4n) is 1.96. The van der Waals surface area contributed by atoms with Gasteiger partial charge in [-0.15, -0.1) is 0 Å². The van der Waals surface area contributed by atoms with Gasteiger partial charge in [-0.25, -0.2) is 0 Å². The predicted octanol–water partition coefficient (Wildman–Crippen LogP) is 2.53. The van der Waals surface area contributed by atoms with Crippen LogP contribution in [0.5, 0.6) is 11.5 Å². The molecule has 0 spiro atoms. The summed E-state index contributed by atoms with van der Waals surface area (Å²) in [5.74, 6) is 0.0550. The summed E-state index contributed by atoms with van der Waals surface area (Å²) >= 11 is 6.28. The molecule has 1 aromatic rings. The van der Waals surface area contributed by atoms with Crippen LogP contribution in [0.15, 0.2) is 6.07 Å². The normalized spacial score (nSPS) is 12.1. The number of aliphatic carboxylic acids is 1. The zero-order chi connectivity index (χ0) is 14.6. The third kappa shape index (κ3) is 3.52. The number of rotatable bonds is 6. The zero-order valence-corrected chi connectivity index (χ0v) is 12.0. The molecule has 1 rings (SSSR count). The summed E-state index contributed by atoms with van der Waals surface area (Å²) in [6, 6.07) is 1.32. The van der Waals surface area contributed by atoms with Crippen molar-refractivity contribution in [3.63, 3.8) is 0 Å². The molecule has 0 saturated carbocycles. The molecule has 0 aliphatic carbocycles. The Morgan fingerprint density at radius 3 is 2.58 bits per heavy atom. The molecule has 6 heteroatoms. The summed E-state index contributed by atoms with van der Waals surface area (Å²) in [6.45, 7) is 1.85. The van der Waals surface area contributed by atoms with Crippen molar-refractivity contribution < 1.29 is 19.4 Å². The Balaban J connectivity index is 3.16. The zero-order valence-electron chi connectivity index (χ0n) is 11.2. The molecule has 0 fully saturated rings. The van der Waals surface area contributed by atoms with Gasteiger partial charge in [-0.3, -0.25) is 4.79 Å². The van der Waals surface area contributed by atoms with Crippen molar-refractivity contribution in [2.24, 2.45) is 5.73 Å². The first kappa shape index (κ1) is 15.6. The smallest absolute Gasteiger partial charge is 0.303 e. The quantitative estimate of drug-likeness (QED) is 0.840. The lowest BCUT2D eigenvalue weighted by molar-refractivity contribution is -0.137. The van der Waals surface area contributed by atoms with Gasteiger partial charge in [0.05, 0.1) is 19.2 Å². The number of methoxy groups -OCH3 is 2. The van der Waals surface area contributed by atoms with Crippen LogP contribution in [0.2, 0.25) is 5.02 Å². The van der Waals surface area contributed by atoms with Gasteiger partial charge in [0.1, 0.15) is 0 Å². The third-order valence-electron chi connectivity index (χ3n) is 2.90. The standard InChI is InChI=1S/C13H18ClNO4/c1-7-6-9(18-2)13(19-3)12(14)11(7)8(15)4-5-10(16)17/h6,8H,4-5,15H2,1-3H3,(H,16,17). The summed E-state index contributed by atoms with van der Waals surface area (Å²) in [7, 11) is 3.02. The lowest BCUT2D eigenvalue weighted by Gasteiger charge is -2.19. The Bertz CT molecular complexity index is 476. The molecular weight excluding hydrogens is 270 g/mol. The van der Waals surface area contributed by atoms with E-state index in [9.17, 15) is 4.79 Å². The number of nitrogens with two attached hydrogens (primary N) is 1. The Hall–Kier alpha value is -1.46. The lowest BCUT2D eigenvalue weighted by Crippen LogP contribution is -2.15. The fraction of sp³-hybridized carbons (Fsp3) is 0.462. The van der Waals surface area contributed by atoms with Crippen LogP contribution in [-0.2, 0) is 4.79 Å². The van der Waals surface area contributed by atoms with E-state index in [0.717, 1.165) is 5.56 Å². The van der Waals surface area contributed by atoms with Crippen LogP contribution in [0.4, 0.5) is 0 Å². The molecule has 5 nitrogen and oxygen atoms in total. The van der Waals surface area contributed by atoms with E-state index in [0.29, 0.717) is 28.5 Å². The highest BCUT2D eigenvalue weighted by molar-refractivity contribution is 6.33. The van der Waals surface area contributed by atoms with Crippen LogP contribution >= 0.6 is 11.6 Å². The van der Waals surface area contributed by atoms with Crippen molar-refractivity contribution in [3.05, 3.63) is 22.2 Å². The molecule has 0 saturated heterocycles. The maximum absolute atomic E-state index is 10.6. The largest absolute Gasteiger partial charge is 0.493 e. The molecule has 0 aliphatic heterocycles. The van der Waals surface area contributed by atoms with Crippen LogP contribution in [-0.4, -0.2) is 25.3 Å². The number of benzene rings is 1. The average molecular weight is 288 g/mol. The van der Waals surface area contributed by atoms with E-state index in [2.05, 4.69) is 0 Å². The van der Waals surface area contributed by atoms with Crippen molar-refractivity contribution in [1.82, 2.24) is 0 Å². The number of carboxylic acid groups (broad SMARTS) is 1. The topological polar surface area (TPSA) is 81.8 Å². The molecule has 0 heterocycles. The highest BCUT2D eigenvalue weighted by atomic mass is 35.5. The monoisotopic (exact) mass is 287 g/mol. The molecule has 1 aromatic carbocycles. The first-order valence-corrected chi connectivity index (χ1v) is 6.18. The number of aryl methyl sites for hydroxylation is 1. The molecule has 0 amide bonds. The molecule has 0 bridgehead atoms. The minimum Gasteiger partial charge on any atom is -0.493 e. The molecular formula is C13H18ClNO4. The van der Waals surface area contributed by atoms with Gasteiger partial charge in [-0.1, -0.05) is 11.6 Å². The van der Waals surface area contributed by atoms with Crippen LogP contribution in [0.3, 0.4) is 0 Å². The van der Waals surface area contributed by atoms with Gasteiger partial charge < -0.3 is 20.3 Å². The van der Waals surface area contributed by atoms with E-state index < -0.39 is 12.0 Å². The summed E-state index contributed by atoms with van der Waals surface area (Å²) in [4.78, 5) is 10.6. The second-order valence-electron chi connectivity index (χ2n) is 4.20. The first-order valence-electron chi connectivity index (χ1n) is 5.80. The highest BCUT2D eigenvalue weighted by Crippen LogP contribution is 2.42. The van der Waals surface area contributed by atoms with Crippen molar-refractivity contribution >= 4 is 17.6 Å². The summed E-state index contributed by atoms with van der Waals surface area (Å²) in [5, 5.41) is 9.07.